The summed E-state index contributed by atoms with van der Waals surface area (Å²) in [6, 6.07) is 55.8. The van der Waals surface area contributed by atoms with Crippen molar-refractivity contribution in [3.05, 3.63) is 158 Å². The molecule has 0 amide bonds. The van der Waals surface area contributed by atoms with Gasteiger partial charge in [-0.05, 0) is 48.5 Å². The first-order chi connectivity index (χ1) is 21.4. The van der Waals surface area contributed by atoms with Crippen LogP contribution in [0, 0.1) is 0 Å². The molecular formula is C39H26N4. The fourth-order valence-corrected chi connectivity index (χ4v) is 6.61. The average molecular weight is 551 g/mol. The standard InChI is InChI=1S/C39H26N4/c1-4-14-27(15-5-1)37-38(28-16-6-2-7-17-28)43-36-23-13-12-22-35(36)42(39(43)40-37)30-24-25-34-32(26-30)31-20-10-11-21-33(31)41(34)29-18-8-3-9-19-29/h1-26H. The van der Waals surface area contributed by atoms with Crippen LogP contribution in [0.5, 0.6) is 0 Å². The third kappa shape index (κ3) is 3.53. The number of rotatable bonds is 4. The first-order valence-corrected chi connectivity index (χ1v) is 14.6. The lowest BCUT2D eigenvalue weighted by molar-refractivity contribution is 1.10. The average Bonchev–Trinajstić information content (AvgIpc) is 3.73. The molecule has 0 spiro atoms. The second kappa shape index (κ2) is 9.33. The van der Waals surface area contributed by atoms with Gasteiger partial charge in [0.05, 0.1) is 33.5 Å². The summed E-state index contributed by atoms with van der Waals surface area (Å²) in [5, 5.41) is 2.44. The Hall–Kier alpha value is -5.87. The molecule has 9 rings (SSSR count). The van der Waals surface area contributed by atoms with Crippen molar-refractivity contribution in [2.75, 3.05) is 0 Å². The molecule has 202 valence electrons. The first-order valence-electron chi connectivity index (χ1n) is 14.6. The molecule has 0 aliphatic carbocycles. The Kier molecular flexibility index (Phi) is 5.16. The highest BCUT2D eigenvalue weighted by Crippen LogP contribution is 2.39. The lowest BCUT2D eigenvalue weighted by Crippen LogP contribution is -1.96. The molecule has 4 nitrogen and oxygen atoms in total. The maximum Gasteiger partial charge on any atom is 0.220 e. The quantitative estimate of drug-likeness (QED) is 0.214. The summed E-state index contributed by atoms with van der Waals surface area (Å²) in [5.41, 5.74) is 11.2. The number of fused-ring (bicyclic) bond motifs is 6. The Morgan fingerprint density at radius 3 is 1.72 bits per heavy atom. The van der Waals surface area contributed by atoms with E-state index in [0.29, 0.717) is 0 Å². The Morgan fingerprint density at radius 2 is 0.977 bits per heavy atom. The predicted molar refractivity (Wildman–Crippen MR) is 177 cm³/mol. The predicted octanol–water partition coefficient (Wildman–Crippen LogP) is 9.71. The van der Waals surface area contributed by atoms with Crippen molar-refractivity contribution in [1.29, 1.82) is 0 Å². The number of benzene rings is 6. The highest BCUT2D eigenvalue weighted by atomic mass is 15.2. The molecule has 9 aromatic rings. The van der Waals surface area contributed by atoms with Gasteiger partial charge in [-0.25, -0.2) is 4.98 Å². The fraction of sp³-hybridized carbons (Fsp3) is 0. The summed E-state index contributed by atoms with van der Waals surface area (Å²) in [5.74, 6) is 0.894. The highest BCUT2D eigenvalue weighted by Gasteiger charge is 2.23. The van der Waals surface area contributed by atoms with E-state index in [2.05, 4.69) is 171 Å². The van der Waals surface area contributed by atoms with Crippen LogP contribution < -0.4 is 0 Å². The Labute approximate surface area is 248 Å². The topological polar surface area (TPSA) is 27.2 Å². The minimum Gasteiger partial charge on any atom is -0.309 e. The highest BCUT2D eigenvalue weighted by molar-refractivity contribution is 6.10. The Bertz CT molecular complexity index is 2430. The van der Waals surface area contributed by atoms with Crippen molar-refractivity contribution in [3.63, 3.8) is 0 Å². The summed E-state index contributed by atoms with van der Waals surface area (Å²) in [6.45, 7) is 0. The summed E-state index contributed by atoms with van der Waals surface area (Å²) in [4.78, 5) is 5.39. The summed E-state index contributed by atoms with van der Waals surface area (Å²) >= 11 is 0. The van der Waals surface area contributed by atoms with Crippen LogP contribution in [0.25, 0.3) is 72.5 Å². The van der Waals surface area contributed by atoms with Crippen molar-refractivity contribution in [3.8, 4) is 33.9 Å². The van der Waals surface area contributed by atoms with Crippen LogP contribution in [0.1, 0.15) is 0 Å². The van der Waals surface area contributed by atoms with Crippen LogP contribution in [-0.4, -0.2) is 18.5 Å². The van der Waals surface area contributed by atoms with E-state index >= 15 is 0 Å². The van der Waals surface area contributed by atoms with Crippen molar-refractivity contribution in [1.82, 2.24) is 18.5 Å². The van der Waals surface area contributed by atoms with Gasteiger partial charge in [0.1, 0.15) is 0 Å². The van der Waals surface area contributed by atoms with Gasteiger partial charge in [-0.3, -0.25) is 8.97 Å². The van der Waals surface area contributed by atoms with Gasteiger partial charge in [0.15, 0.2) is 0 Å². The van der Waals surface area contributed by atoms with Crippen LogP contribution in [0.15, 0.2) is 158 Å². The van der Waals surface area contributed by atoms with Crippen LogP contribution >= 0.6 is 0 Å². The van der Waals surface area contributed by atoms with Crippen LogP contribution in [0.4, 0.5) is 0 Å². The maximum absolute atomic E-state index is 5.39. The zero-order valence-electron chi connectivity index (χ0n) is 23.3. The van der Waals surface area contributed by atoms with Crippen LogP contribution in [0.3, 0.4) is 0 Å². The molecule has 0 aliphatic heterocycles. The van der Waals surface area contributed by atoms with Gasteiger partial charge >= 0.3 is 0 Å². The SMILES string of the molecule is c1ccc(-c2nc3n(-c4ccc5c(c4)c4ccccc4n5-c4ccccc4)c4ccccc4n3c2-c2ccccc2)cc1. The lowest BCUT2D eigenvalue weighted by atomic mass is 10.0. The van der Waals surface area contributed by atoms with Gasteiger partial charge in [-0.1, -0.05) is 109 Å². The third-order valence-corrected chi connectivity index (χ3v) is 8.45. The molecule has 43 heavy (non-hydrogen) atoms. The van der Waals surface area contributed by atoms with Gasteiger partial charge in [-0.15, -0.1) is 0 Å². The molecule has 0 radical (unpaired) electrons. The van der Waals surface area contributed by atoms with E-state index in [1.165, 1.54) is 21.8 Å². The van der Waals surface area contributed by atoms with Crippen molar-refractivity contribution < 1.29 is 0 Å². The van der Waals surface area contributed by atoms with Gasteiger partial charge in [-0.2, -0.15) is 0 Å². The molecule has 0 fully saturated rings. The van der Waals surface area contributed by atoms with E-state index in [0.717, 1.165) is 50.7 Å². The molecule has 4 heteroatoms. The molecule has 0 bridgehead atoms. The second-order valence-corrected chi connectivity index (χ2v) is 10.9. The molecule has 3 heterocycles. The van der Waals surface area contributed by atoms with Crippen LogP contribution in [0.2, 0.25) is 0 Å². The fourth-order valence-electron chi connectivity index (χ4n) is 6.61. The normalized spacial score (nSPS) is 11.7. The van der Waals surface area contributed by atoms with E-state index in [4.69, 9.17) is 4.98 Å². The first kappa shape index (κ1) is 23.8. The largest absolute Gasteiger partial charge is 0.309 e. The number of para-hydroxylation sites is 4. The Balaban J connectivity index is 1.38. The van der Waals surface area contributed by atoms with Gasteiger partial charge in [0.2, 0.25) is 5.78 Å². The molecule has 0 saturated carbocycles. The van der Waals surface area contributed by atoms with Crippen LogP contribution in [-0.2, 0) is 0 Å². The van der Waals surface area contributed by atoms with Crippen molar-refractivity contribution in [2.24, 2.45) is 0 Å². The second-order valence-electron chi connectivity index (χ2n) is 10.9. The summed E-state index contributed by atoms with van der Waals surface area (Å²) in [7, 11) is 0. The number of aromatic nitrogens is 4. The van der Waals surface area contributed by atoms with Gasteiger partial charge in [0.25, 0.3) is 0 Å². The number of nitrogens with zero attached hydrogens (tertiary/aromatic N) is 4. The smallest absolute Gasteiger partial charge is 0.220 e. The molecule has 0 saturated heterocycles. The molecule has 6 aromatic carbocycles. The molecular weight excluding hydrogens is 524 g/mol. The van der Waals surface area contributed by atoms with Crippen molar-refractivity contribution in [2.45, 2.75) is 0 Å². The maximum atomic E-state index is 5.39. The molecule has 0 atom stereocenters. The minimum absolute atomic E-state index is 0.894. The zero-order chi connectivity index (χ0) is 28.3. The lowest BCUT2D eigenvalue weighted by Gasteiger charge is -2.09. The van der Waals surface area contributed by atoms with E-state index < -0.39 is 0 Å². The molecule has 0 unspecified atom stereocenters. The number of hydrogen-bond acceptors (Lipinski definition) is 1. The minimum atomic E-state index is 0.894. The number of imidazole rings is 2. The molecule has 3 aromatic heterocycles. The van der Waals surface area contributed by atoms with Gasteiger partial charge in [0, 0.05) is 33.3 Å². The van der Waals surface area contributed by atoms with E-state index in [1.54, 1.807) is 0 Å². The summed E-state index contributed by atoms with van der Waals surface area (Å²) in [6.07, 6.45) is 0. The monoisotopic (exact) mass is 550 g/mol. The van der Waals surface area contributed by atoms with Gasteiger partial charge < -0.3 is 4.57 Å². The zero-order valence-corrected chi connectivity index (χ0v) is 23.3. The van der Waals surface area contributed by atoms with E-state index in [1.807, 2.05) is 0 Å². The Morgan fingerprint density at radius 1 is 0.395 bits per heavy atom. The van der Waals surface area contributed by atoms with E-state index in [-0.39, 0.29) is 0 Å². The summed E-state index contributed by atoms with van der Waals surface area (Å²) < 4.78 is 6.99. The van der Waals surface area contributed by atoms with Crippen molar-refractivity contribution >= 4 is 38.6 Å². The number of hydrogen-bond donors (Lipinski definition) is 0. The van der Waals surface area contributed by atoms with E-state index in [9.17, 15) is 0 Å². The molecule has 0 N–H and O–H groups in total. The molecule has 0 aliphatic rings. The third-order valence-electron chi connectivity index (χ3n) is 8.45.